The molecule has 21 heavy (non-hydrogen) atoms. The zero-order valence-corrected chi connectivity index (χ0v) is 14.6. The Morgan fingerprint density at radius 3 is 2.38 bits per heavy atom. The molecule has 118 valence electrons. The molecule has 0 spiro atoms. The van der Waals surface area contributed by atoms with Gasteiger partial charge in [0.25, 0.3) is 0 Å². The maximum absolute atomic E-state index is 6.24. The summed E-state index contributed by atoms with van der Waals surface area (Å²) in [5.74, 6) is 2.78. The lowest BCUT2D eigenvalue weighted by atomic mass is 9.86. The summed E-state index contributed by atoms with van der Waals surface area (Å²) < 4.78 is 11.6. The van der Waals surface area contributed by atoms with Gasteiger partial charge in [0, 0.05) is 11.0 Å². The van der Waals surface area contributed by atoms with Crippen molar-refractivity contribution in [1.29, 1.82) is 0 Å². The quantitative estimate of drug-likeness (QED) is 0.783. The molecule has 0 aliphatic heterocycles. The lowest BCUT2D eigenvalue weighted by Crippen LogP contribution is -2.28. The maximum Gasteiger partial charge on any atom is 0.123 e. The summed E-state index contributed by atoms with van der Waals surface area (Å²) in [6.07, 6.45) is 5.08. The molecular weight excluding hydrogens is 280 g/mol. The second-order valence-electron chi connectivity index (χ2n) is 7.27. The maximum atomic E-state index is 6.24. The van der Waals surface area contributed by atoms with Gasteiger partial charge in [0.05, 0.1) is 13.7 Å². The molecule has 1 aromatic carbocycles. The Bertz CT molecular complexity index is 471. The standard InChI is InChI=1S/C18H28O2S/c1-17(2,3)15-11-14(19-4)7-8-16(15)20-12-18(13-21)9-5-6-10-18/h7-8,11,21H,5-6,9-10,12-13H2,1-4H3. The van der Waals surface area contributed by atoms with E-state index in [0.29, 0.717) is 0 Å². The Kier molecular flexibility index (Phi) is 5.13. The molecule has 0 atom stereocenters. The fraction of sp³-hybridized carbons (Fsp3) is 0.667. The smallest absolute Gasteiger partial charge is 0.123 e. The van der Waals surface area contributed by atoms with E-state index in [4.69, 9.17) is 9.47 Å². The van der Waals surface area contributed by atoms with Crippen molar-refractivity contribution in [3.05, 3.63) is 23.8 Å². The zero-order valence-electron chi connectivity index (χ0n) is 13.7. The van der Waals surface area contributed by atoms with E-state index in [1.54, 1.807) is 7.11 Å². The van der Waals surface area contributed by atoms with Crippen LogP contribution in [0.5, 0.6) is 11.5 Å². The van der Waals surface area contributed by atoms with Gasteiger partial charge in [-0.3, -0.25) is 0 Å². The first-order valence-corrected chi connectivity index (χ1v) is 8.46. The first-order chi connectivity index (χ1) is 9.90. The molecule has 0 bridgehead atoms. The topological polar surface area (TPSA) is 18.5 Å². The third kappa shape index (κ3) is 3.88. The molecule has 0 aromatic heterocycles. The molecule has 3 heteroatoms. The second kappa shape index (κ2) is 6.51. The fourth-order valence-electron chi connectivity index (χ4n) is 3.05. The molecule has 1 aromatic rings. The monoisotopic (exact) mass is 308 g/mol. The summed E-state index contributed by atoms with van der Waals surface area (Å²) in [5, 5.41) is 0. The van der Waals surface area contributed by atoms with Gasteiger partial charge < -0.3 is 9.47 Å². The van der Waals surface area contributed by atoms with Crippen LogP contribution >= 0.6 is 12.6 Å². The minimum atomic E-state index is 0.0354. The lowest BCUT2D eigenvalue weighted by molar-refractivity contribution is 0.170. The number of hydrogen-bond acceptors (Lipinski definition) is 3. The predicted octanol–water partition coefficient (Wildman–Crippen LogP) is 4.86. The Morgan fingerprint density at radius 1 is 1.19 bits per heavy atom. The predicted molar refractivity (Wildman–Crippen MR) is 91.9 cm³/mol. The van der Waals surface area contributed by atoms with Gasteiger partial charge in [0.2, 0.25) is 0 Å². The van der Waals surface area contributed by atoms with Crippen molar-refractivity contribution in [2.75, 3.05) is 19.5 Å². The Hall–Kier alpha value is -0.830. The van der Waals surface area contributed by atoms with Crippen molar-refractivity contribution >= 4 is 12.6 Å². The van der Waals surface area contributed by atoms with Crippen molar-refractivity contribution in [2.45, 2.75) is 51.9 Å². The molecule has 2 rings (SSSR count). The molecular formula is C18H28O2S. The van der Waals surface area contributed by atoms with Crippen LogP contribution in [0.2, 0.25) is 0 Å². The summed E-state index contributed by atoms with van der Waals surface area (Å²) in [6.45, 7) is 7.39. The number of hydrogen-bond donors (Lipinski definition) is 1. The van der Waals surface area contributed by atoms with Gasteiger partial charge in [0.15, 0.2) is 0 Å². The molecule has 0 N–H and O–H groups in total. The number of ether oxygens (including phenoxy) is 2. The van der Waals surface area contributed by atoms with E-state index in [9.17, 15) is 0 Å². The van der Waals surface area contributed by atoms with Crippen LogP contribution in [0.1, 0.15) is 52.0 Å². The van der Waals surface area contributed by atoms with E-state index in [0.717, 1.165) is 23.9 Å². The highest BCUT2D eigenvalue weighted by Gasteiger charge is 2.34. The molecule has 0 amide bonds. The van der Waals surface area contributed by atoms with Crippen LogP contribution in [0.3, 0.4) is 0 Å². The van der Waals surface area contributed by atoms with E-state index < -0.39 is 0 Å². The van der Waals surface area contributed by atoms with Crippen LogP contribution in [-0.2, 0) is 5.41 Å². The van der Waals surface area contributed by atoms with Crippen molar-refractivity contribution < 1.29 is 9.47 Å². The highest BCUT2D eigenvalue weighted by atomic mass is 32.1. The molecule has 0 radical (unpaired) electrons. The number of benzene rings is 1. The Balaban J connectivity index is 2.19. The van der Waals surface area contributed by atoms with E-state index >= 15 is 0 Å². The minimum Gasteiger partial charge on any atom is -0.497 e. The first-order valence-electron chi connectivity index (χ1n) is 7.82. The summed E-state index contributed by atoms with van der Waals surface area (Å²) in [7, 11) is 1.71. The molecule has 0 heterocycles. The minimum absolute atomic E-state index is 0.0354. The van der Waals surface area contributed by atoms with Gasteiger partial charge in [-0.15, -0.1) is 0 Å². The molecule has 0 saturated heterocycles. The molecule has 1 fully saturated rings. The van der Waals surface area contributed by atoms with E-state index in [2.05, 4.69) is 39.5 Å². The summed E-state index contributed by atoms with van der Waals surface area (Å²) >= 11 is 4.56. The SMILES string of the molecule is COc1ccc(OCC2(CS)CCCC2)c(C(C)(C)C)c1. The summed E-state index contributed by atoms with van der Waals surface area (Å²) in [4.78, 5) is 0. The third-order valence-corrected chi connectivity index (χ3v) is 5.20. The van der Waals surface area contributed by atoms with Gasteiger partial charge in [-0.1, -0.05) is 33.6 Å². The lowest BCUT2D eigenvalue weighted by Gasteiger charge is -2.29. The van der Waals surface area contributed by atoms with Gasteiger partial charge in [-0.05, 0) is 42.2 Å². The molecule has 1 saturated carbocycles. The van der Waals surface area contributed by atoms with Crippen LogP contribution in [0, 0.1) is 5.41 Å². The number of thiol groups is 1. The first kappa shape index (κ1) is 16.5. The van der Waals surface area contributed by atoms with Crippen LogP contribution in [0.4, 0.5) is 0 Å². The van der Waals surface area contributed by atoms with Gasteiger partial charge in [-0.25, -0.2) is 0 Å². The highest BCUT2D eigenvalue weighted by molar-refractivity contribution is 7.80. The van der Waals surface area contributed by atoms with Crippen LogP contribution < -0.4 is 9.47 Å². The van der Waals surface area contributed by atoms with Crippen molar-refractivity contribution in [1.82, 2.24) is 0 Å². The van der Waals surface area contributed by atoms with E-state index in [-0.39, 0.29) is 10.8 Å². The van der Waals surface area contributed by atoms with Gasteiger partial charge in [0.1, 0.15) is 11.5 Å². The zero-order chi connectivity index (χ0) is 15.5. The molecule has 2 nitrogen and oxygen atoms in total. The fourth-order valence-corrected chi connectivity index (χ4v) is 3.46. The van der Waals surface area contributed by atoms with Gasteiger partial charge >= 0.3 is 0 Å². The van der Waals surface area contributed by atoms with E-state index in [1.807, 2.05) is 12.1 Å². The largest absolute Gasteiger partial charge is 0.497 e. The number of rotatable bonds is 5. The average Bonchev–Trinajstić information content (AvgIpc) is 2.93. The van der Waals surface area contributed by atoms with Crippen molar-refractivity contribution in [2.24, 2.45) is 5.41 Å². The normalized spacial score (nSPS) is 17.8. The average molecular weight is 308 g/mol. The van der Waals surface area contributed by atoms with Crippen LogP contribution in [0.25, 0.3) is 0 Å². The Labute approximate surface area is 134 Å². The Morgan fingerprint density at radius 2 is 1.86 bits per heavy atom. The van der Waals surface area contributed by atoms with E-state index in [1.165, 1.54) is 31.2 Å². The van der Waals surface area contributed by atoms with Gasteiger partial charge in [-0.2, -0.15) is 12.6 Å². The summed E-state index contributed by atoms with van der Waals surface area (Å²) in [6, 6.07) is 6.12. The number of methoxy groups -OCH3 is 1. The third-order valence-electron chi connectivity index (χ3n) is 4.53. The molecule has 0 unspecified atom stereocenters. The van der Waals surface area contributed by atoms with Crippen LogP contribution in [0.15, 0.2) is 18.2 Å². The second-order valence-corrected chi connectivity index (χ2v) is 7.58. The highest BCUT2D eigenvalue weighted by Crippen LogP contribution is 2.41. The summed E-state index contributed by atoms with van der Waals surface area (Å²) in [5.41, 5.74) is 1.50. The molecule has 1 aliphatic carbocycles. The van der Waals surface area contributed by atoms with Crippen molar-refractivity contribution in [3.63, 3.8) is 0 Å². The molecule has 1 aliphatic rings. The van der Waals surface area contributed by atoms with Crippen LogP contribution in [-0.4, -0.2) is 19.5 Å². The van der Waals surface area contributed by atoms with Crippen molar-refractivity contribution in [3.8, 4) is 11.5 Å².